The number of rotatable bonds is 5. The minimum atomic E-state index is -0.397. The molecule has 1 heterocycles. The highest BCUT2D eigenvalue weighted by atomic mass is 35.5. The normalized spacial score (nSPS) is 13.7. The lowest BCUT2D eigenvalue weighted by atomic mass is 10.2. The number of benzene rings is 1. The first-order chi connectivity index (χ1) is 11.0. The molecule has 8 heteroatoms. The summed E-state index contributed by atoms with van der Waals surface area (Å²) in [5.41, 5.74) is 0.596. The van der Waals surface area contributed by atoms with E-state index in [0.717, 1.165) is 0 Å². The molecule has 120 valence electrons. The Morgan fingerprint density at radius 2 is 2.04 bits per heavy atom. The summed E-state index contributed by atoms with van der Waals surface area (Å²) in [5.74, 6) is -0.0204. The number of halogens is 2. The number of anilines is 1. The Labute approximate surface area is 147 Å². The van der Waals surface area contributed by atoms with Crippen LogP contribution in [0.5, 0.6) is 0 Å². The van der Waals surface area contributed by atoms with Crippen LogP contribution in [0.1, 0.15) is 33.7 Å². The fourth-order valence-corrected chi connectivity index (χ4v) is 3.10. The Kier molecular flexibility index (Phi) is 4.84. The Hall–Kier alpha value is -1.63. The quantitative estimate of drug-likeness (QED) is 0.840. The van der Waals surface area contributed by atoms with E-state index >= 15 is 0 Å². The smallest absolute Gasteiger partial charge is 0.270 e. The highest BCUT2D eigenvalue weighted by Gasteiger charge is 2.22. The van der Waals surface area contributed by atoms with E-state index in [9.17, 15) is 9.59 Å². The summed E-state index contributed by atoms with van der Waals surface area (Å²) < 4.78 is 0. The molecule has 1 aromatic carbocycles. The molecule has 1 aromatic heterocycles. The van der Waals surface area contributed by atoms with Gasteiger partial charge in [0.2, 0.25) is 0 Å². The van der Waals surface area contributed by atoms with Gasteiger partial charge in [0.15, 0.2) is 5.13 Å². The second kappa shape index (κ2) is 6.86. The van der Waals surface area contributed by atoms with Crippen LogP contribution in [0.3, 0.4) is 0 Å². The standard InChI is InChI=1S/C15H13Cl2N3O2S/c16-9-3-4-10(11(17)5-9)13(21)20-15-19-12(7-23-15)14(22)18-6-8-1-2-8/h3-5,7-8H,1-2,6H2,(H,18,22)(H,19,20,21). The molecule has 1 aliphatic carbocycles. The van der Waals surface area contributed by atoms with E-state index in [1.807, 2.05) is 0 Å². The van der Waals surface area contributed by atoms with Crippen LogP contribution in [0.25, 0.3) is 0 Å². The largest absolute Gasteiger partial charge is 0.350 e. The average molecular weight is 370 g/mol. The molecule has 0 bridgehead atoms. The lowest BCUT2D eigenvalue weighted by molar-refractivity contribution is 0.0946. The molecule has 5 nitrogen and oxygen atoms in total. The van der Waals surface area contributed by atoms with Crippen molar-refractivity contribution in [1.82, 2.24) is 10.3 Å². The molecule has 0 atom stereocenters. The van der Waals surface area contributed by atoms with Gasteiger partial charge in [0.05, 0.1) is 10.6 Å². The Bertz CT molecular complexity index is 759. The first-order valence-corrected chi connectivity index (χ1v) is 8.66. The molecule has 0 saturated heterocycles. The minimum Gasteiger partial charge on any atom is -0.350 e. The van der Waals surface area contributed by atoms with Gasteiger partial charge in [0.1, 0.15) is 5.69 Å². The highest BCUT2D eigenvalue weighted by Crippen LogP contribution is 2.28. The summed E-state index contributed by atoms with van der Waals surface area (Å²) in [6.07, 6.45) is 2.33. The van der Waals surface area contributed by atoms with Gasteiger partial charge in [0.25, 0.3) is 11.8 Å². The lowest BCUT2D eigenvalue weighted by Crippen LogP contribution is -2.25. The molecule has 1 fully saturated rings. The highest BCUT2D eigenvalue weighted by molar-refractivity contribution is 7.14. The zero-order chi connectivity index (χ0) is 16.4. The van der Waals surface area contributed by atoms with E-state index in [0.29, 0.717) is 33.9 Å². The van der Waals surface area contributed by atoms with Crippen LogP contribution < -0.4 is 10.6 Å². The van der Waals surface area contributed by atoms with E-state index in [1.165, 1.54) is 36.3 Å². The molecule has 1 aliphatic rings. The summed E-state index contributed by atoms with van der Waals surface area (Å²) in [6, 6.07) is 4.62. The van der Waals surface area contributed by atoms with Gasteiger partial charge in [-0.05, 0) is 37.0 Å². The van der Waals surface area contributed by atoms with Gasteiger partial charge in [-0.3, -0.25) is 14.9 Å². The fourth-order valence-electron chi connectivity index (χ4n) is 1.92. The molecule has 1 saturated carbocycles. The predicted octanol–water partition coefficient (Wildman–Crippen LogP) is 3.84. The van der Waals surface area contributed by atoms with E-state index in [-0.39, 0.29) is 10.9 Å². The summed E-state index contributed by atoms with van der Waals surface area (Å²) in [6.45, 7) is 0.679. The van der Waals surface area contributed by atoms with Gasteiger partial charge < -0.3 is 5.32 Å². The van der Waals surface area contributed by atoms with Crippen molar-refractivity contribution in [2.24, 2.45) is 5.92 Å². The van der Waals surface area contributed by atoms with Crippen LogP contribution >= 0.6 is 34.5 Å². The van der Waals surface area contributed by atoms with E-state index < -0.39 is 5.91 Å². The van der Waals surface area contributed by atoms with E-state index in [1.54, 1.807) is 11.4 Å². The third-order valence-electron chi connectivity index (χ3n) is 3.38. The molecular formula is C15H13Cl2N3O2S. The molecule has 0 aliphatic heterocycles. The van der Waals surface area contributed by atoms with Crippen molar-refractivity contribution in [1.29, 1.82) is 0 Å². The van der Waals surface area contributed by atoms with Crippen molar-refractivity contribution < 1.29 is 9.59 Å². The number of thiazole rings is 1. The van der Waals surface area contributed by atoms with Crippen LogP contribution in [0.15, 0.2) is 23.6 Å². The number of hydrogen-bond donors (Lipinski definition) is 2. The Morgan fingerprint density at radius 1 is 1.26 bits per heavy atom. The monoisotopic (exact) mass is 369 g/mol. The topological polar surface area (TPSA) is 71.1 Å². The van der Waals surface area contributed by atoms with Gasteiger partial charge in [-0.2, -0.15) is 0 Å². The third-order valence-corrected chi connectivity index (χ3v) is 4.69. The van der Waals surface area contributed by atoms with Crippen molar-refractivity contribution in [3.05, 3.63) is 44.9 Å². The molecule has 2 amide bonds. The summed E-state index contributed by atoms with van der Waals surface area (Å²) >= 11 is 13.0. The molecular weight excluding hydrogens is 357 g/mol. The summed E-state index contributed by atoms with van der Waals surface area (Å²) in [7, 11) is 0. The fraction of sp³-hybridized carbons (Fsp3) is 0.267. The van der Waals surface area contributed by atoms with E-state index in [4.69, 9.17) is 23.2 Å². The molecule has 2 aromatic rings. The van der Waals surface area contributed by atoms with Gasteiger partial charge in [-0.1, -0.05) is 23.2 Å². The Morgan fingerprint density at radius 3 is 2.74 bits per heavy atom. The first kappa shape index (κ1) is 16.2. The number of nitrogens with one attached hydrogen (secondary N) is 2. The summed E-state index contributed by atoms with van der Waals surface area (Å²) in [4.78, 5) is 28.2. The summed E-state index contributed by atoms with van der Waals surface area (Å²) in [5, 5.41) is 8.13. The SMILES string of the molecule is O=C(NCC1CC1)c1csc(NC(=O)c2ccc(Cl)cc2Cl)n1. The molecule has 23 heavy (non-hydrogen) atoms. The van der Waals surface area contributed by atoms with Crippen molar-refractivity contribution in [3.8, 4) is 0 Å². The number of nitrogens with zero attached hydrogens (tertiary/aromatic N) is 1. The zero-order valence-corrected chi connectivity index (χ0v) is 14.3. The van der Waals surface area contributed by atoms with Crippen LogP contribution in [-0.2, 0) is 0 Å². The van der Waals surface area contributed by atoms with Crippen molar-refractivity contribution in [3.63, 3.8) is 0 Å². The lowest BCUT2D eigenvalue weighted by Gasteiger charge is -2.04. The Balaban J connectivity index is 1.63. The van der Waals surface area contributed by atoms with Crippen LogP contribution in [-0.4, -0.2) is 23.3 Å². The number of carbonyl (C=O) groups excluding carboxylic acids is 2. The molecule has 0 radical (unpaired) electrons. The third kappa shape index (κ3) is 4.22. The van der Waals surface area contributed by atoms with Gasteiger partial charge in [-0.15, -0.1) is 11.3 Å². The van der Waals surface area contributed by atoms with Crippen LogP contribution in [0.2, 0.25) is 10.0 Å². The second-order valence-corrected chi connectivity index (χ2v) is 6.97. The van der Waals surface area contributed by atoms with Crippen LogP contribution in [0.4, 0.5) is 5.13 Å². The molecule has 0 spiro atoms. The second-order valence-electron chi connectivity index (χ2n) is 5.27. The van der Waals surface area contributed by atoms with Crippen molar-refractivity contribution in [2.75, 3.05) is 11.9 Å². The van der Waals surface area contributed by atoms with Crippen molar-refractivity contribution in [2.45, 2.75) is 12.8 Å². The number of aromatic nitrogens is 1. The van der Waals surface area contributed by atoms with Gasteiger partial charge >= 0.3 is 0 Å². The molecule has 2 N–H and O–H groups in total. The van der Waals surface area contributed by atoms with E-state index in [2.05, 4.69) is 15.6 Å². The van der Waals surface area contributed by atoms with Crippen molar-refractivity contribution >= 4 is 51.5 Å². The average Bonchev–Trinajstić information content (AvgIpc) is 3.22. The first-order valence-electron chi connectivity index (χ1n) is 7.03. The van der Waals surface area contributed by atoms with Crippen LogP contribution in [0, 0.1) is 5.92 Å². The molecule has 0 unspecified atom stereocenters. The van der Waals surface area contributed by atoms with Gasteiger partial charge in [0, 0.05) is 16.9 Å². The number of amides is 2. The predicted molar refractivity (Wildman–Crippen MR) is 91.6 cm³/mol. The zero-order valence-electron chi connectivity index (χ0n) is 11.9. The maximum atomic E-state index is 12.2. The van der Waals surface area contributed by atoms with Gasteiger partial charge in [-0.25, -0.2) is 4.98 Å². The number of hydrogen-bond acceptors (Lipinski definition) is 4. The molecule has 3 rings (SSSR count). The minimum absolute atomic E-state index is 0.224. The number of carbonyl (C=O) groups is 2. The maximum Gasteiger partial charge on any atom is 0.270 e. The maximum absolute atomic E-state index is 12.2.